The SMILES string of the molecule is CON(C)C(=O)CC[Si](C)(C)C. The number of carbonyl (C=O) groups is 1. The molecule has 0 spiro atoms. The van der Waals surface area contributed by atoms with E-state index in [2.05, 4.69) is 19.6 Å². The molecule has 0 aliphatic rings. The van der Waals surface area contributed by atoms with E-state index in [0.717, 1.165) is 6.04 Å². The van der Waals surface area contributed by atoms with Gasteiger partial charge in [-0.05, 0) is 6.04 Å². The molecule has 0 aliphatic carbocycles. The van der Waals surface area contributed by atoms with Gasteiger partial charge in [0.2, 0.25) is 5.91 Å². The number of carbonyl (C=O) groups excluding carboxylic acids is 1. The standard InChI is InChI=1S/C8H19NO2Si/c1-9(11-2)8(10)6-7-12(3,4)5/h6-7H2,1-5H3. The Morgan fingerprint density at radius 1 is 1.42 bits per heavy atom. The summed E-state index contributed by atoms with van der Waals surface area (Å²) in [4.78, 5) is 16.0. The lowest BCUT2D eigenvalue weighted by molar-refractivity contribution is -0.168. The summed E-state index contributed by atoms with van der Waals surface area (Å²) in [5.41, 5.74) is 0. The summed E-state index contributed by atoms with van der Waals surface area (Å²) in [6.07, 6.45) is 0.611. The van der Waals surface area contributed by atoms with Gasteiger partial charge in [-0.1, -0.05) is 19.6 Å². The molecule has 0 unspecified atom stereocenters. The van der Waals surface area contributed by atoms with Crippen LogP contribution in [0.3, 0.4) is 0 Å². The molecule has 12 heavy (non-hydrogen) atoms. The van der Waals surface area contributed by atoms with Crippen LogP contribution in [0.1, 0.15) is 6.42 Å². The lowest BCUT2D eigenvalue weighted by Crippen LogP contribution is -2.28. The summed E-state index contributed by atoms with van der Waals surface area (Å²) in [6, 6.07) is 1.03. The Kier molecular flexibility index (Phi) is 4.48. The topological polar surface area (TPSA) is 29.5 Å². The average molecular weight is 189 g/mol. The van der Waals surface area contributed by atoms with Gasteiger partial charge in [0.1, 0.15) is 0 Å². The van der Waals surface area contributed by atoms with Crippen LogP contribution in [0.4, 0.5) is 0 Å². The van der Waals surface area contributed by atoms with E-state index in [-0.39, 0.29) is 5.91 Å². The van der Waals surface area contributed by atoms with Crippen LogP contribution < -0.4 is 0 Å². The summed E-state index contributed by atoms with van der Waals surface area (Å²) in [7, 11) is 2.07. The van der Waals surface area contributed by atoms with Gasteiger partial charge in [0.15, 0.2) is 0 Å². The molecule has 0 fully saturated rings. The summed E-state index contributed by atoms with van der Waals surface area (Å²) >= 11 is 0. The minimum Gasteiger partial charge on any atom is -0.275 e. The quantitative estimate of drug-likeness (QED) is 0.498. The van der Waals surface area contributed by atoms with Crippen molar-refractivity contribution in [3.05, 3.63) is 0 Å². The van der Waals surface area contributed by atoms with E-state index < -0.39 is 8.07 Å². The highest BCUT2D eigenvalue weighted by Crippen LogP contribution is 2.11. The molecular formula is C8H19NO2Si. The van der Waals surface area contributed by atoms with E-state index >= 15 is 0 Å². The van der Waals surface area contributed by atoms with E-state index in [1.807, 2.05) is 0 Å². The normalized spacial score (nSPS) is 11.4. The van der Waals surface area contributed by atoms with E-state index in [0.29, 0.717) is 6.42 Å². The van der Waals surface area contributed by atoms with Gasteiger partial charge in [-0.15, -0.1) is 0 Å². The molecule has 72 valence electrons. The van der Waals surface area contributed by atoms with Gasteiger partial charge in [0, 0.05) is 21.5 Å². The minimum atomic E-state index is -1.08. The van der Waals surface area contributed by atoms with Gasteiger partial charge in [0.05, 0.1) is 7.11 Å². The molecule has 1 amide bonds. The van der Waals surface area contributed by atoms with Crippen molar-refractivity contribution in [3.8, 4) is 0 Å². The van der Waals surface area contributed by atoms with Crippen molar-refractivity contribution in [1.82, 2.24) is 5.06 Å². The number of amides is 1. The molecule has 3 nitrogen and oxygen atoms in total. The van der Waals surface area contributed by atoms with Crippen LogP contribution in [0, 0.1) is 0 Å². The maximum Gasteiger partial charge on any atom is 0.245 e. The lowest BCUT2D eigenvalue weighted by atomic mass is 10.4. The molecule has 0 aromatic heterocycles. The van der Waals surface area contributed by atoms with Gasteiger partial charge in [-0.2, -0.15) is 0 Å². The van der Waals surface area contributed by atoms with Crippen LogP contribution in [0.2, 0.25) is 25.7 Å². The fourth-order valence-electron chi connectivity index (χ4n) is 0.741. The van der Waals surface area contributed by atoms with Crippen molar-refractivity contribution in [3.63, 3.8) is 0 Å². The number of nitrogens with zero attached hydrogens (tertiary/aromatic N) is 1. The third-order valence-corrected chi connectivity index (χ3v) is 3.46. The molecule has 0 aromatic carbocycles. The van der Waals surface area contributed by atoms with Crippen LogP contribution in [0.5, 0.6) is 0 Å². The number of hydrogen-bond acceptors (Lipinski definition) is 2. The molecule has 0 rings (SSSR count). The zero-order valence-corrected chi connectivity index (χ0v) is 9.68. The predicted molar refractivity (Wildman–Crippen MR) is 52.5 cm³/mol. The van der Waals surface area contributed by atoms with Gasteiger partial charge in [-0.3, -0.25) is 9.63 Å². The van der Waals surface area contributed by atoms with Crippen molar-refractivity contribution >= 4 is 14.0 Å². The molecule has 0 bridgehead atoms. The minimum absolute atomic E-state index is 0.0694. The number of hydrogen-bond donors (Lipinski definition) is 0. The van der Waals surface area contributed by atoms with E-state index in [4.69, 9.17) is 4.84 Å². The fraction of sp³-hybridized carbons (Fsp3) is 0.875. The smallest absolute Gasteiger partial charge is 0.245 e. The Hall–Kier alpha value is -0.353. The summed E-state index contributed by atoms with van der Waals surface area (Å²) in [6.45, 7) is 6.77. The second-order valence-electron chi connectivity index (χ2n) is 4.13. The van der Waals surface area contributed by atoms with Crippen molar-refractivity contribution in [2.24, 2.45) is 0 Å². The Labute approximate surface area is 75.7 Å². The lowest BCUT2D eigenvalue weighted by Gasteiger charge is -2.18. The highest BCUT2D eigenvalue weighted by molar-refractivity contribution is 6.76. The van der Waals surface area contributed by atoms with Gasteiger partial charge in [-0.25, -0.2) is 5.06 Å². The van der Waals surface area contributed by atoms with Crippen LogP contribution in [0.25, 0.3) is 0 Å². The third kappa shape index (κ3) is 5.32. The van der Waals surface area contributed by atoms with Crippen LogP contribution in [-0.2, 0) is 9.63 Å². The first-order chi connectivity index (χ1) is 5.37. The predicted octanol–water partition coefficient (Wildman–Crippen LogP) is 1.73. The second kappa shape index (κ2) is 4.62. The average Bonchev–Trinajstić information content (AvgIpc) is 1.97. The van der Waals surface area contributed by atoms with Gasteiger partial charge >= 0.3 is 0 Å². The first-order valence-corrected chi connectivity index (χ1v) is 7.88. The Morgan fingerprint density at radius 2 is 1.92 bits per heavy atom. The molecule has 0 aromatic rings. The van der Waals surface area contributed by atoms with E-state index in [1.165, 1.54) is 12.2 Å². The molecule has 0 saturated carbocycles. The van der Waals surface area contributed by atoms with Crippen molar-refractivity contribution in [2.45, 2.75) is 32.1 Å². The third-order valence-electron chi connectivity index (χ3n) is 1.71. The number of hydroxylamine groups is 2. The highest BCUT2D eigenvalue weighted by Gasteiger charge is 2.16. The van der Waals surface area contributed by atoms with Crippen LogP contribution >= 0.6 is 0 Å². The first-order valence-electron chi connectivity index (χ1n) is 4.17. The number of rotatable bonds is 4. The second-order valence-corrected chi connectivity index (χ2v) is 9.76. The van der Waals surface area contributed by atoms with Gasteiger partial charge < -0.3 is 0 Å². The molecule has 0 atom stereocenters. The maximum absolute atomic E-state index is 11.2. The fourth-order valence-corrected chi connectivity index (χ4v) is 1.71. The molecule has 0 N–H and O–H groups in total. The monoisotopic (exact) mass is 189 g/mol. The molecule has 0 heterocycles. The largest absolute Gasteiger partial charge is 0.275 e. The van der Waals surface area contributed by atoms with Crippen LogP contribution in [-0.4, -0.2) is 33.2 Å². The van der Waals surface area contributed by atoms with E-state index in [1.54, 1.807) is 7.05 Å². The molecule has 4 heteroatoms. The van der Waals surface area contributed by atoms with Crippen molar-refractivity contribution < 1.29 is 9.63 Å². The zero-order valence-electron chi connectivity index (χ0n) is 8.68. The first kappa shape index (κ1) is 11.6. The highest BCUT2D eigenvalue weighted by atomic mass is 28.3. The van der Waals surface area contributed by atoms with Gasteiger partial charge in [0.25, 0.3) is 0 Å². The summed E-state index contributed by atoms with van der Waals surface area (Å²) in [5.74, 6) is 0.0694. The Balaban J connectivity index is 3.72. The Bertz CT molecular complexity index is 154. The molecule has 0 radical (unpaired) electrons. The summed E-state index contributed by atoms with van der Waals surface area (Å²) in [5, 5.41) is 1.29. The summed E-state index contributed by atoms with van der Waals surface area (Å²) < 4.78 is 0. The van der Waals surface area contributed by atoms with Crippen molar-refractivity contribution in [2.75, 3.05) is 14.2 Å². The van der Waals surface area contributed by atoms with Crippen LogP contribution in [0.15, 0.2) is 0 Å². The Morgan fingerprint density at radius 3 is 2.25 bits per heavy atom. The maximum atomic E-state index is 11.2. The van der Waals surface area contributed by atoms with E-state index in [9.17, 15) is 4.79 Å². The zero-order chi connectivity index (χ0) is 9.78. The molecule has 0 aliphatic heterocycles. The van der Waals surface area contributed by atoms with Crippen molar-refractivity contribution in [1.29, 1.82) is 0 Å². The molecular weight excluding hydrogens is 170 g/mol. The molecule has 0 saturated heterocycles.